The van der Waals surface area contributed by atoms with E-state index in [0.717, 1.165) is 23.0 Å². The van der Waals surface area contributed by atoms with Crippen molar-refractivity contribution in [2.45, 2.75) is 31.8 Å². The highest BCUT2D eigenvalue weighted by atomic mass is 32.2. The molecule has 2 N–H and O–H groups in total. The smallest absolute Gasteiger partial charge is 0.244 e. The first-order valence-corrected chi connectivity index (χ1v) is 8.95. The summed E-state index contributed by atoms with van der Waals surface area (Å²) in [5.74, 6) is 0. The Bertz CT molecular complexity index is 677. The van der Waals surface area contributed by atoms with Gasteiger partial charge in [0.1, 0.15) is 4.90 Å². The molecule has 2 rings (SSSR count). The molecule has 0 aliphatic heterocycles. The van der Waals surface area contributed by atoms with Crippen molar-refractivity contribution in [2.24, 2.45) is 0 Å². The largest absolute Gasteiger partial charge is 0.315 e. The number of aromatic nitrogens is 3. The zero-order chi connectivity index (χ0) is 15.3. The Balaban J connectivity index is 1.95. The normalized spacial score (nSPS) is 11.9. The lowest BCUT2D eigenvalue weighted by Gasteiger charge is -2.03. The molecule has 2 heterocycles. The van der Waals surface area contributed by atoms with Gasteiger partial charge in [0.15, 0.2) is 0 Å². The van der Waals surface area contributed by atoms with Gasteiger partial charge in [0.2, 0.25) is 10.0 Å². The molecule has 2 aromatic heterocycles. The summed E-state index contributed by atoms with van der Waals surface area (Å²) in [6, 6.07) is 0. The SMILES string of the molecule is CCNCCn1cc(S(=O)(=O)NCc2cnc(C)s2)cn1. The van der Waals surface area contributed by atoms with E-state index in [1.165, 1.54) is 23.7 Å². The van der Waals surface area contributed by atoms with E-state index in [9.17, 15) is 8.42 Å². The Morgan fingerprint density at radius 3 is 2.86 bits per heavy atom. The van der Waals surface area contributed by atoms with Crippen LogP contribution in [-0.4, -0.2) is 36.3 Å². The fourth-order valence-corrected chi connectivity index (χ4v) is 3.50. The maximum absolute atomic E-state index is 12.2. The molecule has 0 bridgehead atoms. The van der Waals surface area contributed by atoms with Gasteiger partial charge in [-0.2, -0.15) is 5.10 Å². The van der Waals surface area contributed by atoms with E-state index in [4.69, 9.17) is 0 Å². The average molecular weight is 329 g/mol. The number of hydrogen-bond donors (Lipinski definition) is 2. The molecule has 0 saturated carbocycles. The van der Waals surface area contributed by atoms with Gasteiger partial charge >= 0.3 is 0 Å². The summed E-state index contributed by atoms with van der Waals surface area (Å²) in [5, 5.41) is 8.14. The van der Waals surface area contributed by atoms with Crippen molar-refractivity contribution in [3.05, 3.63) is 28.5 Å². The number of nitrogens with one attached hydrogen (secondary N) is 2. The molecule has 2 aromatic rings. The van der Waals surface area contributed by atoms with E-state index in [2.05, 4.69) is 20.1 Å². The van der Waals surface area contributed by atoms with Crippen LogP contribution >= 0.6 is 11.3 Å². The van der Waals surface area contributed by atoms with E-state index in [0.29, 0.717) is 6.54 Å². The third kappa shape index (κ3) is 4.60. The van der Waals surface area contributed by atoms with Gasteiger partial charge < -0.3 is 5.32 Å². The quantitative estimate of drug-likeness (QED) is 0.697. The van der Waals surface area contributed by atoms with Crippen LogP contribution in [0.3, 0.4) is 0 Å². The lowest BCUT2D eigenvalue weighted by atomic mass is 10.6. The summed E-state index contributed by atoms with van der Waals surface area (Å²) in [7, 11) is -3.53. The molecule has 0 unspecified atom stereocenters. The second kappa shape index (κ2) is 7.12. The lowest BCUT2D eigenvalue weighted by Crippen LogP contribution is -2.22. The van der Waals surface area contributed by atoms with Gasteiger partial charge in [0.05, 0.1) is 17.7 Å². The first-order chi connectivity index (χ1) is 10.0. The van der Waals surface area contributed by atoms with E-state index in [1.807, 2.05) is 13.8 Å². The molecule has 0 amide bonds. The van der Waals surface area contributed by atoms with Crippen molar-refractivity contribution in [3.8, 4) is 0 Å². The third-order valence-electron chi connectivity index (χ3n) is 2.79. The highest BCUT2D eigenvalue weighted by Gasteiger charge is 2.16. The molecule has 0 radical (unpaired) electrons. The Hall–Kier alpha value is -1.29. The van der Waals surface area contributed by atoms with Crippen LogP contribution in [0.2, 0.25) is 0 Å². The van der Waals surface area contributed by atoms with E-state index in [-0.39, 0.29) is 11.4 Å². The van der Waals surface area contributed by atoms with Crippen LogP contribution in [-0.2, 0) is 23.1 Å². The van der Waals surface area contributed by atoms with Crippen molar-refractivity contribution < 1.29 is 8.42 Å². The van der Waals surface area contributed by atoms with Crippen molar-refractivity contribution in [1.29, 1.82) is 0 Å². The van der Waals surface area contributed by atoms with Crippen molar-refractivity contribution in [1.82, 2.24) is 24.8 Å². The minimum Gasteiger partial charge on any atom is -0.315 e. The highest BCUT2D eigenvalue weighted by molar-refractivity contribution is 7.89. The molecule has 0 fully saturated rings. The molecule has 7 nitrogen and oxygen atoms in total. The summed E-state index contributed by atoms with van der Waals surface area (Å²) in [6.07, 6.45) is 4.59. The molecule has 0 aliphatic carbocycles. The van der Waals surface area contributed by atoms with Gasteiger partial charge in [-0.3, -0.25) is 4.68 Å². The molecule has 0 spiro atoms. The van der Waals surface area contributed by atoms with Crippen molar-refractivity contribution >= 4 is 21.4 Å². The number of hydrogen-bond acceptors (Lipinski definition) is 6. The van der Waals surface area contributed by atoms with Crippen LogP contribution in [0.25, 0.3) is 0 Å². The first-order valence-electron chi connectivity index (χ1n) is 6.65. The number of sulfonamides is 1. The van der Waals surface area contributed by atoms with Crippen LogP contribution < -0.4 is 10.0 Å². The number of thiazole rings is 1. The predicted molar refractivity (Wildman–Crippen MR) is 81.6 cm³/mol. The Kier molecular flexibility index (Phi) is 5.45. The Labute approximate surface area is 128 Å². The van der Waals surface area contributed by atoms with Crippen molar-refractivity contribution in [3.63, 3.8) is 0 Å². The predicted octanol–water partition coefficient (Wildman–Crippen LogP) is 0.736. The summed E-state index contributed by atoms with van der Waals surface area (Å²) in [4.78, 5) is 5.16. The number of nitrogens with zero attached hydrogens (tertiary/aromatic N) is 3. The minimum absolute atomic E-state index is 0.181. The Morgan fingerprint density at radius 2 is 2.19 bits per heavy atom. The second-order valence-corrected chi connectivity index (χ2v) is 7.55. The summed E-state index contributed by atoms with van der Waals surface area (Å²) >= 11 is 1.48. The zero-order valence-corrected chi connectivity index (χ0v) is 13.7. The first kappa shape index (κ1) is 16.1. The molecule has 0 saturated heterocycles. The van der Waals surface area contributed by atoms with Crippen LogP contribution in [0, 0.1) is 6.92 Å². The fourth-order valence-electron chi connectivity index (χ4n) is 1.71. The van der Waals surface area contributed by atoms with E-state index in [1.54, 1.807) is 10.9 Å². The third-order valence-corrected chi connectivity index (χ3v) is 5.06. The standard InChI is InChI=1S/C12H19N5O2S2/c1-3-13-4-5-17-9-12(8-15-17)21(18,19)16-7-11-6-14-10(2)20-11/h6,8-9,13,16H,3-5,7H2,1-2H3. The molecule has 0 aliphatic rings. The van der Waals surface area contributed by atoms with E-state index < -0.39 is 10.0 Å². The second-order valence-electron chi connectivity index (χ2n) is 4.46. The molecule has 0 aromatic carbocycles. The molecule has 9 heteroatoms. The monoisotopic (exact) mass is 329 g/mol. The van der Waals surface area contributed by atoms with Crippen LogP contribution in [0.1, 0.15) is 16.8 Å². The molecular weight excluding hydrogens is 310 g/mol. The molecular formula is C12H19N5O2S2. The zero-order valence-electron chi connectivity index (χ0n) is 12.0. The minimum atomic E-state index is -3.53. The molecule has 21 heavy (non-hydrogen) atoms. The van der Waals surface area contributed by atoms with Crippen LogP contribution in [0.5, 0.6) is 0 Å². The number of aryl methyl sites for hydroxylation is 1. The topological polar surface area (TPSA) is 88.9 Å². The summed E-state index contributed by atoms with van der Waals surface area (Å²) < 4.78 is 28.5. The number of likely N-dealkylation sites (N-methyl/N-ethyl adjacent to an activating group) is 1. The summed E-state index contributed by atoms with van der Waals surface area (Å²) in [6.45, 7) is 6.42. The highest BCUT2D eigenvalue weighted by Crippen LogP contribution is 2.13. The molecule has 116 valence electrons. The van der Waals surface area contributed by atoms with Gasteiger partial charge in [0.25, 0.3) is 0 Å². The number of rotatable bonds is 8. The van der Waals surface area contributed by atoms with Crippen molar-refractivity contribution in [2.75, 3.05) is 13.1 Å². The lowest BCUT2D eigenvalue weighted by molar-refractivity contribution is 0.563. The van der Waals surface area contributed by atoms with E-state index >= 15 is 0 Å². The summed E-state index contributed by atoms with van der Waals surface area (Å²) in [5.41, 5.74) is 0. The van der Waals surface area contributed by atoms with Gasteiger partial charge in [0, 0.05) is 30.4 Å². The van der Waals surface area contributed by atoms with Gasteiger partial charge in [-0.05, 0) is 13.5 Å². The van der Waals surface area contributed by atoms with Crippen LogP contribution in [0.4, 0.5) is 0 Å². The maximum atomic E-state index is 12.2. The average Bonchev–Trinajstić information content (AvgIpc) is 3.06. The Morgan fingerprint density at radius 1 is 1.38 bits per heavy atom. The van der Waals surface area contributed by atoms with Crippen LogP contribution in [0.15, 0.2) is 23.5 Å². The van der Waals surface area contributed by atoms with Gasteiger partial charge in [-0.15, -0.1) is 11.3 Å². The fraction of sp³-hybridized carbons (Fsp3) is 0.500. The maximum Gasteiger partial charge on any atom is 0.244 e. The molecule has 0 atom stereocenters. The van der Waals surface area contributed by atoms with Gasteiger partial charge in [-0.25, -0.2) is 18.1 Å². The van der Waals surface area contributed by atoms with Gasteiger partial charge in [-0.1, -0.05) is 6.92 Å².